The lowest BCUT2D eigenvalue weighted by Gasteiger charge is -2.20. The van der Waals surface area contributed by atoms with Crippen LogP contribution in [-0.4, -0.2) is 34.8 Å². The number of aliphatic hydroxyl groups is 1. The summed E-state index contributed by atoms with van der Waals surface area (Å²) < 4.78 is 0.847. The second kappa shape index (κ2) is 5.64. The zero-order valence-corrected chi connectivity index (χ0v) is 11.4. The Labute approximate surface area is 109 Å². The van der Waals surface area contributed by atoms with Gasteiger partial charge in [-0.05, 0) is 28.8 Å². The van der Waals surface area contributed by atoms with Gasteiger partial charge in [0.2, 0.25) is 5.95 Å². The molecule has 1 aromatic heterocycles. The van der Waals surface area contributed by atoms with Crippen molar-refractivity contribution in [3.63, 3.8) is 0 Å². The van der Waals surface area contributed by atoms with Gasteiger partial charge in [-0.2, -0.15) is 4.98 Å². The first-order valence-corrected chi connectivity index (χ1v) is 6.61. The number of aliphatic hydroxyl groups excluding tert-OH is 1. The number of hydrogen-bond donors (Lipinski definition) is 3. The minimum atomic E-state index is 0.235. The highest BCUT2D eigenvalue weighted by Crippen LogP contribution is 2.30. The minimum Gasteiger partial charge on any atom is -0.396 e. The Morgan fingerprint density at radius 1 is 1.53 bits per heavy atom. The van der Waals surface area contributed by atoms with E-state index < -0.39 is 0 Å². The van der Waals surface area contributed by atoms with Crippen molar-refractivity contribution in [1.82, 2.24) is 9.97 Å². The lowest BCUT2D eigenvalue weighted by atomic mass is 10.1. The summed E-state index contributed by atoms with van der Waals surface area (Å²) in [5.74, 6) is 1.71. The molecule has 0 aromatic carbocycles. The molecule has 1 aromatic rings. The van der Waals surface area contributed by atoms with E-state index in [2.05, 4.69) is 36.5 Å². The van der Waals surface area contributed by atoms with E-state index in [1.807, 2.05) is 0 Å². The van der Waals surface area contributed by atoms with Gasteiger partial charge in [0.1, 0.15) is 5.82 Å². The van der Waals surface area contributed by atoms with Crippen LogP contribution in [0.4, 0.5) is 11.8 Å². The predicted octanol–water partition coefficient (Wildman–Crippen LogP) is 1.85. The van der Waals surface area contributed by atoms with Crippen LogP contribution in [0.2, 0.25) is 0 Å². The van der Waals surface area contributed by atoms with Gasteiger partial charge in [0.05, 0.1) is 4.47 Å². The fourth-order valence-corrected chi connectivity index (χ4v) is 2.52. The summed E-state index contributed by atoms with van der Waals surface area (Å²) in [5.41, 5.74) is 0. The molecule has 17 heavy (non-hydrogen) atoms. The molecule has 5 nitrogen and oxygen atoms in total. The molecular weight excluding hydrogens is 284 g/mol. The number of nitrogens with zero attached hydrogens (tertiary/aromatic N) is 2. The minimum absolute atomic E-state index is 0.235. The summed E-state index contributed by atoms with van der Waals surface area (Å²) in [7, 11) is 1.79. The van der Waals surface area contributed by atoms with Crippen LogP contribution in [0.5, 0.6) is 0 Å². The standard InChI is InChI=1S/C11H17BrN4O/c1-13-11-14-5-8(12)10(16-11)15-9-4-2-3-7(9)6-17/h5,7,9,17H,2-4,6H2,1H3,(H2,13,14,15,16). The van der Waals surface area contributed by atoms with Crippen molar-refractivity contribution >= 4 is 27.7 Å². The Hall–Kier alpha value is -0.880. The van der Waals surface area contributed by atoms with Gasteiger partial charge in [-0.15, -0.1) is 0 Å². The van der Waals surface area contributed by atoms with Crippen molar-refractivity contribution in [2.45, 2.75) is 25.3 Å². The second-order valence-electron chi connectivity index (χ2n) is 4.26. The number of hydrogen-bond acceptors (Lipinski definition) is 5. The Kier molecular flexibility index (Phi) is 4.17. The zero-order chi connectivity index (χ0) is 12.3. The summed E-state index contributed by atoms with van der Waals surface area (Å²) in [5, 5.41) is 15.6. The SMILES string of the molecule is CNc1ncc(Br)c(NC2CCCC2CO)n1. The van der Waals surface area contributed by atoms with Gasteiger partial charge >= 0.3 is 0 Å². The van der Waals surface area contributed by atoms with E-state index in [-0.39, 0.29) is 6.61 Å². The highest BCUT2D eigenvalue weighted by atomic mass is 79.9. The molecule has 0 aliphatic heterocycles. The van der Waals surface area contributed by atoms with Gasteiger partial charge in [-0.25, -0.2) is 4.98 Å². The summed E-state index contributed by atoms with van der Waals surface area (Å²) in [6, 6.07) is 0.302. The molecule has 1 saturated carbocycles. The van der Waals surface area contributed by atoms with Crippen LogP contribution in [0.15, 0.2) is 10.7 Å². The molecule has 0 spiro atoms. The van der Waals surface area contributed by atoms with Gasteiger partial charge in [-0.1, -0.05) is 6.42 Å². The van der Waals surface area contributed by atoms with Gasteiger partial charge in [0, 0.05) is 31.8 Å². The fraction of sp³-hybridized carbons (Fsp3) is 0.636. The number of nitrogens with one attached hydrogen (secondary N) is 2. The van der Waals surface area contributed by atoms with Crippen LogP contribution >= 0.6 is 15.9 Å². The quantitative estimate of drug-likeness (QED) is 0.792. The average molecular weight is 301 g/mol. The first-order chi connectivity index (χ1) is 8.24. The monoisotopic (exact) mass is 300 g/mol. The molecule has 0 saturated heterocycles. The van der Waals surface area contributed by atoms with E-state index >= 15 is 0 Å². The van der Waals surface area contributed by atoms with Crippen molar-refractivity contribution in [2.75, 3.05) is 24.3 Å². The van der Waals surface area contributed by atoms with Crippen molar-refractivity contribution in [1.29, 1.82) is 0 Å². The summed E-state index contributed by atoms with van der Waals surface area (Å²) in [4.78, 5) is 8.47. The molecule has 2 unspecified atom stereocenters. The smallest absolute Gasteiger partial charge is 0.224 e. The van der Waals surface area contributed by atoms with Gasteiger partial charge in [0.25, 0.3) is 0 Å². The van der Waals surface area contributed by atoms with Gasteiger partial charge in [0.15, 0.2) is 0 Å². The van der Waals surface area contributed by atoms with Crippen molar-refractivity contribution in [3.05, 3.63) is 10.7 Å². The number of halogens is 1. The topological polar surface area (TPSA) is 70.1 Å². The highest BCUT2D eigenvalue weighted by molar-refractivity contribution is 9.10. The molecule has 2 atom stereocenters. The summed E-state index contributed by atoms with van der Waals surface area (Å²) in [6.07, 6.45) is 5.04. The van der Waals surface area contributed by atoms with Gasteiger partial charge in [-0.3, -0.25) is 0 Å². The van der Waals surface area contributed by atoms with Crippen molar-refractivity contribution < 1.29 is 5.11 Å². The predicted molar refractivity (Wildman–Crippen MR) is 71.1 cm³/mol. The van der Waals surface area contributed by atoms with E-state index in [4.69, 9.17) is 0 Å². The van der Waals surface area contributed by atoms with E-state index in [9.17, 15) is 5.11 Å². The normalized spacial score (nSPS) is 23.7. The lowest BCUT2D eigenvalue weighted by Crippen LogP contribution is -2.27. The molecule has 2 rings (SSSR count). The first kappa shape index (κ1) is 12.6. The first-order valence-electron chi connectivity index (χ1n) is 5.82. The van der Waals surface area contributed by atoms with E-state index in [1.54, 1.807) is 13.2 Å². The van der Waals surface area contributed by atoms with E-state index in [1.165, 1.54) is 0 Å². The van der Waals surface area contributed by atoms with Crippen LogP contribution in [0.3, 0.4) is 0 Å². The molecule has 3 N–H and O–H groups in total. The molecule has 1 aliphatic rings. The zero-order valence-electron chi connectivity index (χ0n) is 9.78. The van der Waals surface area contributed by atoms with Crippen LogP contribution in [0.1, 0.15) is 19.3 Å². The maximum absolute atomic E-state index is 9.29. The molecule has 94 valence electrons. The Morgan fingerprint density at radius 2 is 2.35 bits per heavy atom. The third kappa shape index (κ3) is 2.87. The number of aromatic nitrogens is 2. The van der Waals surface area contributed by atoms with Crippen molar-refractivity contribution in [3.8, 4) is 0 Å². The molecule has 1 fully saturated rings. The number of rotatable bonds is 4. The van der Waals surface area contributed by atoms with Crippen LogP contribution < -0.4 is 10.6 Å². The number of anilines is 2. The van der Waals surface area contributed by atoms with Crippen molar-refractivity contribution in [2.24, 2.45) is 5.92 Å². The highest BCUT2D eigenvalue weighted by Gasteiger charge is 2.27. The molecule has 0 bridgehead atoms. The fourth-order valence-electron chi connectivity index (χ4n) is 2.21. The van der Waals surface area contributed by atoms with Crippen LogP contribution in [0.25, 0.3) is 0 Å². The maximum Gasteiger partial charge on any atom is 0.224 e. The van der Waals surface area contributed by atoms with Crippen LogP contribution in [-0.2, 0) is 0 Å². The largest absolute Gasteiger partial charge is 0.396 e. The molecule has 0 amide bonds. The second-order valence-corrected chi connectivity index (χ2v) is 5.12. The Balaban J connectivity index is 2.12. The molecule has 0 radical (unpaired) electrons. The average Bonchev–Trinajstić information content (AvgIpc) is 2.79. The molecule has 6 heteroatoms. The maximum atomic E-state index is 9.29. The molecule has 1 heterocycles. The third-order valence-electron chi connectivity index (χ3n) is 3.18. The van der Waals surface area contributed by atoms with E-state index in [0.717, 1.165) is 29.6 Å². The Morgan fingerprint density at radius 3 is 3.06 bits per heavy atom. The van der Waals surface area contributed by atoms with E-state index in [0.29, 0.717) is 17.9 Å². The molecule has 1 aliphatic carbocycles. The van der Waals surface area contributed by atoms with Gasteiger partial charge < -0.3 is 15.7 Å². The lowest BCUT2D eigenvalue weighted by molar-refractivity contribution is 0.222. The Bertz CT molecular complexity index is 388. The van der Waals surface area contributed by atoms with Crippen LogP contribution in [0, 0.1) is 5.92 Å². The molecular formula is C11H17BrN4O. The summed E-state index contributed by atoms with van der Waals surface area (Å²) >= 11 is 3.43. The third-order valence-corrected chi connectivity index (χ3v) is 3.76. The summed E-state index contributed by atoms with van der Waals surface area (Å²) in [6.45, 7) is 0.235.